The Morgan fingerprint density at radius 1 is 1.21 bits per heavy atom. The molecule has 0 bridgehead atoms. The zero-order valence-corrected chi connectivity index (χ0v) is 17.3. The Bertz CT molecular complexity index is 995. The SMILES string of the molecule is Cl.N=c1nc2n(cc1O)[C@H]1O[C@@H](CP(=O)(O)OP(=O)(O)OP(=O)(O)O)[C@H](O)[C@H]1O2. The highest BCUT2D eigenvalue weighted by Crippen LogP contribution is 2.66. The van der Waals surface area contributed by atoms with E-state index < -0.39 is 65.2 Å². The number of halogens is 1. The first kappa shape index (κ1) is 24.4. The van der Waals surface area contributed by atoms with Crippen LogP contribution in [-0.2, 0) is 27.1 Å². The molecular formula is C9H15ClN3O13P3. The molecule has 3 heterocycles. The van der Waals surface area contributed by atoms with Crippen molar-refractivity contribution in [1.82, 2.24) is 9.55 Å². The Morgan fingerprint density at radius 3 is 2.41 bits per heavy atom. The molecule has 2 unspecified atom stereocenters. The van der Waals surface area contributed by atoms with E-state index in [0.717, 1.165) is 10.8 Å². The predicted molar refractivity (Wildman–Crippen MR) is 90.1 cm³/mol. The molecule has 0 amide bonds. The van der Waals surface area contributed by atoms with Crippen LogP contribution in [0.15, 0.2) is 6.20 Å². The van der Waals surface area contributed by atoms with E-state index in [1.54, 1.807) is 0 Å². The lowest BCUT2D eigenvalue weighted by Gasteiger charge is -2.21. The van der Waals surface area contributed by atoms with Crippen molar-refractivity contribution in [1.29, 1.82) is 5.41 Å². The molecule has 1 aromatic heterocycles. The summed E-state index contributed by atoms with van der Waals surface area (Å²) in [6.45, 7) is 0. The van der Waals surface area contributed by atoms with Gasteiger partial charge in [0.1, 0.15) is 12.2 Å². The van der Waals surface area contributed by atoms with Gasteiger partial charge in [-0.3, -0.25) is 14.5 Å². The van der Waals surface area contributed by atoms with E-state index in [9.17, 15) is 33.7 Å². The number of phosphoric acid groups is 2. The second kappa shape index (κ2) is 8.00. The fraction of sp³-hybridized carbons (Fsp3) is 0.556. The van der Waals surface area contributed by atoms with Crippen LogP contribution in [0.1, 0.15) is 6.23 Å². The molecule has 0 aromatic carbocycles. The van der Waals surface area contributed by atoms with Gasteiger partial charge >= 0.3 is 29.3 Å². The molecule has 3 rings (SSSR count). The smallest absolute Gasteiger partial charge is 0.488 e. The number of aliphatic hydroxyl groups is 1. The number of hydrogen-bond donors (Lipinski definition) is 7. The van der Waals surface area contributed by atoms with E-state index in [-0.39, 0.29) is 18.4 Å². The highest BCUT2D eigenvalue weighted by Gasteiger charge is 2.54. The minimum Gasteiger partial charge on any atom is -0.503 e. The molecule has 0 spiro atoms. The second-order valence-corrected chi connectivity index (χ2v) is 10.6. The Labute approximate surface area is 167 Å². The average Bonchev–Trinajstić information content (AvgIpc) is 2.93. The van der Waals surface area contributed by atoms with Crippen LogP contribution < -0.4 is 10.2 Å². The minimum atomic E-state index is -5.61. The molecule has 1 fully saturated rings. The van der Waals surface area contributed by atoms with Gasteiger partial charge in [-0.1, -0.05) is 0 Å². The van der Waals surface area contributed by atoms with E-state index in [2.05, 4.69) is 13.6 Å². The summed E-state index contributed by atoms with van der Waals surface area (Å²) in [6.07, 6.45) is -5.32. The summed E-state index contributed by atoms with van der Waals surface area (Å²) >= 11 is 0. The van der Waals surface area contributed by atoms with Gasteiger partial charge in [-0.25, -0.2) is 13.4 Å². The quantitative estimate of drug-likeness (QED) is 0.229. The maximum Gasteiger partial charge on any atom is 0.488 e. The maximum absolute atomic E-state index is 12.0. The monoisotopic (exact) mass is 501 g/mol. The van der Waals surface area contributed by atoms with Crippen molar-refractivity contribution in [3.63, 3.8) is 0 Å². The van der Waals surface area contributed by atoms with Crippen molar-refractivity contribution < 1.29 is 61.6 Å². The third kappa shape index (κ3) is 5.44. The zero-order valence-electron chi connectivity index (χ0n) is 13.8. The lowest BCUT2D eigenvalue weighted by Crippen LogP contribution is -2.35. The van der Waals surface area contributed by atoms with Gasteiger partial charge in [0.15, 0.2) is 23.6 Å². The van der Waals surface area contributed by atoms with Gasteiger partial charge in [0.25, 0.3) is 0 Å². The third-order valence-corrected chi connectivity index (χ3v) is 7.96. The van der Waals surface area contributed by atoms with Crippen LogP contribution in [0.2, 0.25) is 0 Å². The highest BCUT2D eigenvalue weighted by molar-refractivity contribution is 7.68. The van der Waals surface area contributed by atoms with Gasteiger partial charge in [-0.15, -0.1) is 12.4 Å². The van der Waals surface area contributed by atoms with Crippen LogP contribution in [0, 0.1) is 5.41 Å². The Kier molecular flexibility index (Phi) is 6.74. The Hall–Kier alpha value is -0.860. The summed E-state index contributed by atoms with van der Waals surface area (Å²) in [6, 6.07) is -0.159. The standard InChI is InChI=1S/C9H14N3O13P3.ClH/c10-7-3(13)1-12-8-6(23-9(12)11-7)5(14)4(22-8)2-26(15,16)24-28(20,21)25-27(17,18)19;/h1,4-6,8,10,13-14H,2H2,(H,15,16)(H,20,21)(H2,17,18,19);1H/t4-,5-,6+,8-;/m0./s1. The minimum absolute atomic E-state index is 0. The first-order valence-electron chi connectivity index (χ1n) is 7.17. The number of fused-ring (bicyclic) bond motifs is 3. The van der Waals surface area contributed by atoms with Crippen molar-refractivity contribution in [2.75, 3.05) is 6.16 Å². The largest absolute Gasteiger partial charge is 0.503 e. The fourth-order valence-corrected chi connectivity index (χ4v) is 6.42. The molecule has 1 saturated heterocycles. The Morgan fingerprint density at radius 2 is 1.83 bits per heavy atom. The average molecular weight is 502 g/mol. The van der Waals surface area contributed by atoms with E-state index in [1.807, 2.05) is 0 Å². The number of nitrogens with one attached hydrogen (secondary N) is 1. The van der Waals surface area contributed by atoms with Gasteiger partial charge in [0, 0.05) is 0 Å². The van der Waals surface area contributed by atoms with Crippen LogP contribution in [0.3, 0.4) is 0 Å². The van der Waals surface area contributed by atoms with E-state index in [1.165, 1.54) is 0 Å². The summed E-state index contributed by atoms with van der Waals surface area (Å²) < 4.78 is 53.2. The van der Waals surface area contributed by atoms with Crippen LogP contribution in [0.5, 0.6) is 11.8 Å². The number of hydrogen-bond acceptors (Lipinski definition) is 11. The van der Waals surface area contributed by atoms with Crippen molar-refractivity contribution in [2.45, 2.75) is 24.5 Å². The first-order valence-corrected chi connectivity index (χ1v) is 12.0. The van der Waals surface area contributed by atoms with Gasteiger partial charge in [0.2, 0.25) is 0 Å². The second-order valence-electron chi connectivity index (χ2n) is 5.75. The number of rotatable bonds is 6. The van der Waals surface area contributed by atoms with Crippen LogP contribution in [-0.4, -0.2) is 63.8 Å². The summed E-state index contributed by atoms with van der Waals surface area (Å²) in [5.41, 5.74) is -0.491. The molecule has 0 aliphatic carbocycles. The van der Waals surface area contributed by atoms with Crippen molar-refractivity contribution in [2.24, 2.45) is 0 Å². The van der Waals surface area contributed by atoms with Crippen molar-refractivity contribution in [3.8, 4) is 11.8 Å². The normalized spacial score (nSPS) is 29.7. The molecule has 6 atom stereocenters. The summed E-state index contributed by atoms with van der Waals surface area (Å²) in [5, 5.41) is 27.2. The van der Waals surface area contributed by atoms with E-state index >= 15 is 0 Å². The van der Waals surface area contributed by atoms with Gasteiger partial charge in [0.05, 0.1) is 12.4 Å². The number of aromatic nitrogens is 2. The van der Waals surface area contributed by atoms with Gasteiger partial charge in [-0.05, 0) is 0 Å². The van der Waals surface area contributed by atoms with Gasteiger partial charge < -0.3 is 39.3 Å². The van der Waals surface area contributed by atoms with Crippen LogP contribution in [0.25, 0.3) is 0 Å². The lowest BCUT2D eigenvalue weighted by molar-refractivity contribution is -0.00700. The van der Waals surface area contributed by atoms with E-state index in [4.69, 9.17) is 24.7 Å². The fourth-order valence-electron chi connectivity index (χ4n) is 2.64. The summed E-state index contributed by atoms with van der Waals surface area (Å²) in [5.74, 6) is -0.526. The number of aliphatic hydroxyl groups excluding tert-OH is 1. The van der Waals surface area contributed by atoms with Crippen LogP contribution in [0.4, 0.5) is 0 Å². The molecule has 20 heteroatoms. The maximum atomic E-state index is 12.0. The number of aromatic hydroxyl groups is 1. The molecule has 2 aliphatic rings. The molecule has 7 N–H and O–H groups in total. The summed E-state index contributed by atoms with van der Waals surface area (Å²) in [4.78, 5) is 39.5. The molecular weight excluding hydrogens is 486 g/mol. The molecule has 0 saturated carbocycles. The molecule has 166 valence electrons. The van der Waals surface area contributed by atoms with Gasteiger partial charge in [-0.2, -0.15) is 9.29 Å². The topological polar surface area (TPSA) is 251 Å². The van der Waals surface area contributed by atoms with Crippen molar-refractivity contribution >= 4 is 35.6 Å². The molecule has 29 heavy (non-hydrogen) atoms. The Balaban J connectivity index is 0.00000300. The molecule has 16 nitrogen and oxygen atoms in total. The number of nitrogens with zero attached hydrogens (tertiary/aromatic N) is 2. The lowest BCUT2D eigenvalue weighted by atomic mass is 10.1. The third-order valence-electron chi connectivity index (χ3n) is 3.61. The molecule has 1 aromatic rings. The van der Waals surface area contributed by atoms with Crippen LogP contribution >= 0.6 is 35.6 Å². The van der Waals surface area contributed by atoms with E-state index in [0.29, 0.717) is 0 Å². The first-order chi connectivity index (χ1) is 12.7. The molecule has 0 radical (unpaired) electrons. The zero-order chi connectivity index (χ0) is 21.1. The van der Waals surface area contributed by atoms with Crippen molar-refractivity contribution in [3.05, 3.63) is 11.7 Å². The number of ether oxygens (including phenoxy) is 2. The molecule has 2 aliphatic heterocycles. The predicted octanol–water partition coefficient (Wildman–Crippen LogP) is -1.08. The summed E-state index contributed by atoms with van der Waals surface area (Å²) in [7, 11) is -16.2. The highest BCUT2D eigenvalue weighted by atomic mass is 35.5.